The third kappa shape index (κ3) is 4.76. The molecular weight excluding hydrogens is 248 g/mol. The van der Waals surface area contributed by atoms with Crippen LogP contribution in [0.4, 0.5) is 0 Å². The van der Waals surface area contributed by atoms with Gasteiger partial charge in [0, 0.05) is 6.42 Å². The monoisotopic (exact) mass is 268 g/mol. The summed E-state index contributed by atoms with van der Waals surface area (Å²) in [5.74, 6) is 3.64. The average molecular weight is 268 g/mol. The Morgan fingerprint density at radius 3 is 2.11 bits per heavy atom. The van der Waals surface area contributed by atoms with Gasteiger partial charge in [-0.15, -0.1) is 6.58 Å². The van der Waals surface area contributed by atoms with E-state index in [2.05, 4.69) is 18.4 Å². The van der Waals surface area contributed by atoms with Crippen LogP contribution in [-0.2, 0) is 19.1 Å². The van der Waals surface area contributed by atoms with Crippen LogP contribution in [-0.4, -0.2) is 36.9 Å². The molecule has 0 aromatic carbocycles. The van der Waals surface area contributed by atoms with Gasteiger partial charge >= 0.3 is 11.9 Å². The molecule has 0 unspecified atom stereocenters. The van der Waals surface area contributed by atoms with Gasteiger partial charge in [-0.2, -0.15) is 0 Å². The van der Waals surface area contributed by atoms with E-state index in [1.807, 2.05) is 0 Å². The minimum Gasteiger partial charge on any atom is -0.465 e. The number of hydrogen-bond donors (Lipinski definition) is 1. The highest BCUT2D eigenvalue weighted by molar-refractivity contribution is 6.00. The fourth-order valence-corrected chi connectivity index (χ4v) is 1.52. The van der Waals surface area contributed by atoms with E-state index >= 15 is 0 Å². The van der Waals surface area contributed by atoms with Crippen LogP contribution >= 0.6 is 0 Å². The van der Waals surface area contributed by atoms with E-state index in [4.69, 9.17) is 14.6 Å². The maximum Gasteiger partial charge on any atom is 0.324 e. The van der Waals surface area contributed by atoms with Crippen molar-refractivity contribution < 1.29 is 24.2 Å². The van der Waals surface area contributed by atoms with Crippen LogP contribution < -0.4 is 0 Å². The zero-order chi connectivity index (χ0) is 14.7. The minimum absolute atomic E-state index is 0.0722. The molecule has 5 nitrogen and oxygen atoms in total. The molecule has 0 aromatic rings. The lowest BCUT2D eigenvalue weighted by molar-refractivity contribution is -0.171. The number of aliphatic hydroxyl groups is 1. The first-order valence-corrected chi connectivity index (χ1v) is 6.10. The van der Waals surface area contributed by atoms with Crippen molar-refractivity contribution >= 4 is 11.9 Å². The Labute approximate surface area is 113 Å². The van der Waals surface area contributed by atoms with Crippen LogP contribution in [0.5, 0.6) is 0 Å². The first-order valence-electron chi connectivity index (χ1n) is 6.10. The van der Waals surface area contributed by atoms with Crippen molar-refractivity contribution in [1.82, 2.24) is 0 Å². The first-order chi connectivity index (χ1) is 9.08. The van der Waals surface area contributed by atoms with Gasteiger partial charge in [-0.3, -0.25) is 9.59 Å². The highest BCUT2D eigenvalue weighted by atomic mass is 16.6. The third-order valence-electron chi connectivity index (χ3n) is 2.42. The van der Waals surface area contributed by atoms with Gasteiger partial charge in [-0.25, -0.2) is 0 Å². The molecule has 0 atom stereocenters. The predicted molar refractivity (Wildman–Crippen MR) is 70.0 cm³/mol. The van der Waals surface area contributed by atoms with Crippen molar-refractivity contribution in [1.29, 1.82) is 0 Å². The van der Waals surface area contributed by atoms with Crippen LogP contribution in [0.15, 0.2) is 12.7 Å². The summed E-state index contributed by atoms with van der Waals surface area (Å²) in [7, 11) is 0. The van der Waals surface area contributed by atoms with E-state index in [9.17, 15) is 9.59 Å². The molecule has 0 aliphatic carbocycles. The fraction of sp³-hybridized carbons (Fsp3) is 0.571. The van der Waals surface area contributed by atoms with E-state index in [0.29, 0.717) is 0 Å². The molecule has 0 bridgehead atoms. The summed E-state index contributed by atoms with van der Waals surface area (Å²) in [6.45, 7) is 6.83. The molecule has 19 heavy (non-hydrogen) atoms. The number of esters is 2. The van der Waals surface area contributed by atoms with Gasteiger partial charge in [0.15, 0.2) is 5.41 Å². The molecule has 0 rings (SSSR count). The zero-order valence-corrected chi connectivity index (χ0v) is 11.4. The Morgan fingerprint density at radius 1 is 1.21 bits per heavy atom. The molecule has 0 aromatic heterocycles. The molecule has 0 spiro atoms. The molecular formula is C14H20O5. The van der Waals surface area contributed by atoms with Crippen molar-refractivity contribution in [3.8, 4) is 11.8 Å². The van der Waals surface area contributed by atoms with Gasteiger partial charge in [0.25, 0.3) is 0 Å². The Kier molecular flexibility index (Phi) is 8.30. The second-order valence-corrected chi connectivity index (χ2v) is 3.70. The van der Waals surface area contributed by atoms with Crippen molar-refractivity contribution in [2.75, 3.05) is 19.8 Å². The lowest BCUT2D eigenvalue weighted by atomic mass is 9.81. The van der Waals surface area contributed by atoms with Crippen molar-refractivity contribution in [2.45, 2.75) is 26.7 Å². The van der Waals surface area contributed by atoms with Crippen molar-refractivity contribution in [3.05, 3.63) is 12.7 Å². The molecule has 5 heteroatoms. The summed E-state index contributed by atoms with van der Waals surface area (Å²) in [5, 5.41) is 8.65. The number of hydrogen-bond acceptors (Lipinski definition) is 5. The lowest BCUT2D eigenvalue weighted by Gasteiger charge is -2.26. The number of allylic oxidation sites excluding steroid dienone is 1. The number of aliphatic hydroxyl groups excluding tert-OH is 1. The third-order valence-corrected chi connectivity index (χ3v) is 2.42. The van der Waals surface area contributed by atoms with Gasteiger partial charge in [-0.05, 0) is 20.3 Å². The van der Waals surface area contributed by atoms with Crippen LogP contribution in [0, 0.1) is 17.3 Å². The predicted octanol–water partition coefficient (Wildman–Crippen LogP) is 1.06. The highest BCUT2D eigenvalue weighted by Gasteiger charge is 2.47. The Hall–Kier alpha value is -1.80. The Balaban J connectivity index is 5.37. The summed E-state index contributed by atoms with van der Waals surface area (Å²) in [6, 6.07) is 0. The molecule has 106 valence electrons. The Morgan fingerprint density at radius 2 is 1.74 bits per heavy atom. The largest absolute Gasteiger partial charge is 0.465 e. The normalized spacial score (nSPS) is 10.1. The Bertz CT molecular complexity index is 357. The van der Waals surface area contributed by atoms with Gasteiger partial charge in [-0.1, -0.05) is 17.9 Å². The summed E-state index contributed by atoms with van der Waals surface area (Å²) < 4.78 is 9.88. The maximum absolute atomic E-state index is 12.1. The smallest absolute Gasteiger partial charge is 0.324 e. The van der Waals surface area contributed by atoms with Crippen molar-refractivity contribution in [2.24, 2.45) is 5.41 Å². The first kappa shape index (κ1) is 17.2. The van der Waals surface area contributed by atoms with Gasteiger partial charge < -0.3 is 14.6 Å². The molecule has 0 saturated heterocycles. The van der Waals surface area contributed by atoms with E-state index in [1.54, 1.807) is 13.8 Å². The van der Waals surface area contributed by atoms with Crippen LogP contribution in [0.2, 0.25) is 0 Å². The number of carbonyl (C=O) groups excluding carboxylic acids is 2. The lowest BCUT2D eigenvalue weighted by Crippen LogP contribution is -2.41. The van der Waals surface area contributed by atoms with Crippen LogP contribution in [0.1, 0.15) is 26.7 Å². The zero-order valence-electron chi connectivity index (χ0n) is 11.4. The molecule has 0 fully saturated rings. The second-order valence-electron chi connectivity index (χ2n) is 3.70. The van der Waals surface area contributed by atoms with Gasteiger partial charge in [0.2, 0.25) is 0 Å². The summed E-state index contributed by atoms with van der Waals surface area (Å²) in [6.07, 6.45) is 1.45. The van der Waals surface area contributed by atoms with E-state index in [-0.39, 0.29) is 32.7 Å². The molecule has 0 amide bonds. The molecule has 0 saturated carbocycles. The fourth-order valence-electron chi connectivity index (χ4n) is 1.52. The maximum atomic E-state index is 12.1. The highest BCUT2D eigenvalue weighted by Crippen LogP contribution is 2.30. The standard InChI is InChI=1S/C14H20O5/c1-4-9-14(10-7-8-11-15,12(16)18-5-2)13(17)19-6-3/h4,15H,1,5-6,9-11H2,2-3H3. The summed E-state index contributed by atoms with van der Waals surface area (Å²) in [5.41, 5.74) is -1.50. The number of ether oxygens (including phenoxy) is 2. The SMILES string of the molecule is C=CCC(CC#CCO)(C(=O)OCC)C(=O)OCC. The topological polar surface area (TPSA) is 72.8 Å². The molecule has 1 N–H and O–H groups in total. The van der Waals surface area contributed by atoms with Crippen LogP contribution in [0.25, 0.3) is 0 Å². The molecule has 0 aliphatic rings. The summed E-state index contributed by atoms with van der Waals surface area (Å²) in [4.78, 5) is 24.1. The van der Waals surface area contributed by atoms with Crippen molar-refractivity contribution in [3.63, 3.8) is 0 Å². The van der Waals surface area contributed by atoms with Gasteiger partial charge in [0.1, 0.15) is 6.61 Å². The quantitative estimate of drug-likeness (QED) is 0.323. The van der Waals surface area contributed by atoms with E-state index in [1.165, 1.54) is 6.08 Å². The van der Waals surface area contributed by atoms with E-state index < -0.39 is 17.4 Å². The van der Waals surface area contributed by atoms with Gasteiger partial charge in [0.05, 0.1) is 13.2 Å². The molecule has 0 heterocycles. The van der Waals surface area contributed by atoms with E-state index in [0.717, 1.165) is 0 Å². The minimum atomic E-state index is -1.50. The number of carbonyl (C=O) groups is 2. The summed E-state index contributed by atoms with van der Waals surface area (Å²) >= 11 is 0. The molecule has 0 radical (unpaired) electrons. The number of rotatable bonds is 7. The average Bonchev–Trinajstić information content (AvgIpc) is 2.38. The molecule has 0 aliphatic heterocycles. The second kappa shape index (κ2) is 9.17. The van der Waals surface area contributed by atoms with Crippen LogP contribution in [0.3, 0.4) is 0 Å².